The lowest BCUT2D eigenvalue weighted by atomic mass is 9.91. The van der Waals surface area contributed by atoms with Gasteiger partial charge in [0.25, 0.3) is 0 Å². The van der Waals surface area contributed by atoms with Crippen LogP contribution in [0.3, 0.4) is 0 Å². The summed E-state index contributed by atoms with van der Waals surface area (Å²) in [6.07, 6.45) is 4.08. The van der Waals surface area contributed by atoms with Gasteiger partial charge in [0.2, 0.25) is 0 Å². The van der Waals surface area contributed by atoms with Crippen LogP contribution in [0.2, 0.25) is 0 Å². The van der Waals surface area contributed by atoms with Gasteiger partial charge in [-0.05, 0) is 43.4 Å². The zero-order chi connectivity index (χ0) is 13.5. The highest BCUT2D eigenvalue weighted by molar-refractivity contribution is 5.80. The summed E-state index contributed by atoms with van der Waals surface area (Å²) in [5.74, 6) is -0.595. The average Bonchev–Trinajstić information content (AvgIpc) is 3.07. The number of rotatable bonds is 3. The summed E-state index contributed by atoms with van der Waals surface area (Å²) < 4.78 is 23.9. The van der Waals surface area contributed by atoms with Crippen LogP contribution >= 0.6 is 0 Å². The first-order valence-electron chi connectivity index (χ1n) is 6.61. The van der Waals surface area contributed by atoms with Crippen molar-refractivity contribution in [3.05, 3.63) is 35.6 Å². The number of carbonyl (C=O) groups is 1. The summed E-state index contributed by atoms with van der Waals surface area (Å²) in [5, 5.41) is 0. The van der Waals surface area contributed by atoms with E-state index in [1.165, 1.54) is 19.2 Å². The van der Waals surface area contributed by atoms with Crippen molar-refractivity contribution in [2.45, 2.75) is 43.3 Å². The van der Waals surface area contributed by atoms with Gasteiger partial charge in [0.1, 0.15) is 5.82 Å². The molecule has 19 heavy (non-hydrogen) atoms. The molecule has 1 aliphatic heterocycles. The van der Waals surface area contributed by atoms with Gasteiger partial charge in [-0.1, -0.05) is 12.1 Å². The van der Waals surface area contributed by atoms with Crippen molar-refractivity contribution in [1.29, 1.82) is 0 Å². The van der Waals surface area contributed by atoms with Crippen LogP contribution < -0.4 is 0 Å². The smallest absolute Gasteiger partial charge is 0.338 e. The molecule has 1 aliphatic carbocycles. The van der Waals surface area contributed by atoms with Crippen LogP contribution in [0.25, 0.3) is 0 Å². The summed E-state index contributed by atoms with van der Waals surface area (Å²) in [4.78, 5) is 12.1. The van der Waals surface area contributed by atoms with Gasteiger partial charge in [-0.2, -0.15) is 0 Å². The molecule has 1 aromatic rings. The Morgan fingerprint density at radius 3 is 2.42 bits per heavy atom. The van der Waals surface area contributed by atoms with Crippen molar-refractivity contribution >= 4 is 5.97 Å². The van der Waals surface area contributed by atoms with E-state index in [2.05, 4.69) is 0 Å². The van der Waals surface area contributed by atoms with Gasteiger partial charge in [0, 0.05) is 6.42 Å². The first kappa shape index (κ1) is 12.6. The van der Waals surface area contributed by atoms with Crippen LogP contribution in [0.5, 0.6) is 0 Å². The lowest BCUT2D eigenvalue weighted by molar-refractivity contribution is -0.169. The second-order valence-electron chi connectivity index (χ2n) is 5.57. The molecule has 2 aliphatic rings. The molecule has 1 spiro atoms. The van der Waals surface area contributed by atoms with Crippen molar-refractivity contribution in [3.8, 4) is 0 Å². The standard InChI is InChI=1S/C15H17FO3/c1-18-13(17)15(9-8-14(19-15)6-7-14)10-11-2-4-12(16)5-3-11/h2-5H,6-10H2,1H3. The number of hydrogen-bond acceptors (Lipinski definition) is 3. The maximum atomic E-state index is 12.9. The van der Waals surface area contributed by atoms with E-state index in [0.717, 1.165) is 24.8 Å². The van der Waals surface area contributed by atoms with Crippen LogP contribution in [0.15, 0.2) is 24.3 Å². The zero-order valence-electron chi connectivity index (χ0n) is 10.9. The largest absolute Gasteiger partial charge is 0.467 e. The number of carbonyl (C=O) groups excluding carboxylic acids is 1. The molecule has 102 valence electrons. The fourth-order valence-corrected chi connectivity index (χ4v) is 2.90. The summed E-state index contributed by atoms with van der Waals surface area (Å²) in [6.45, 7) is 0. The minimum Gasteiger partial charge on any atom is -0.467 e. The predicted octanol–water partition coefficient (Wildman–Crippen LogP) is 2.62. The van der Waals surface area contributed by atoms with Crippen molar-refractivity contribution in [1.82, 2.24) is 0 Å². The van der Waals surface area contributed by atoms with E-state index in [-0.39, 0.29) is 17.4 Å². The van der Waals surface area contributed by atoms with E-state index >= 15 is 0 Å². The van der Waals surface area contributed by atoms with Crippen molar-refractivity contribution < 1.29 is 18.7 Å². The Balaban J connectivity index is 1.84. The highest BCUT2D eigenvalue weighted by Gasteiger charge is 2.59. The third-order valence-corrected chi connectivity index (χ3v) is 4.16. The normalized spacial score (nSPS) is 27.5. The van der Waals surface area contributed by atoms with Crippen molar-refractivity contribution in [3.63, 3.8) is 0 Å². The second-order valence-corrected chi connectivity index (χ2v) is 5.57. The molecule has 1 aromatic carbocycles. The Bertz CT molecular complexity index is 493. The fourth-order valence-electron chi connectivity index (χ4n) is 2.90. The Morgan fingerprint density at radius 1 is 1.26 bits per heavy atom. The SMILES string of the molecule is COC(=O)C1(Cc2ccc(F)cc2)CCC2(CC2)O1. The Hall–Kier alpha value is -1.42. The highest BCUT2D eigenvalue weighted by atomic mass is 19.1. The molecule has 1 heterocycles. The molecule has 0 amide bonds. The minimum atomic E-state index is -0.886. The summed E-state index contributed by atoms with van der Waals surface area (Å²) in [5.41, 5.74) is -0.0818. The van der Waals surface area contributed by atoms with E-state index < -0.39 is 5.60 Å². The van der Waals surface area contributed by atoms with Crippen LogP contribution in [-0.4, -0.2) is 24.3 Å². The molecule has 1 unspecified atom stereocenters. The fraction of sp³-hybridized carbons (Fsp3) is 0.533. The number of methoxy groups -OCH3 is 1. The van der Waals surface area contributed by atoms with Gasteiger partial charge < -0.3 is 9.47 Å². The summed E-state index contributed by atoms with van der Waals surface area (Å²) >= 11 is 0. The van der Waals surface area contributed by atoms with Crippen LogP contribution in [0, 0.1) is 5.82 Å². The molecule has 3 nitrogen and oxygen atoms in total. The van der Waals surface area contributed by atoms with Gasteiger partial charge in [0.15, 0.2) is 5.60 Å². The third kappa shape index (κ3) is 2.25. The number of benzene rings is 1. The van der Waals surface area contributed by atoms with Crippen LogP contribution in [0.4, 0.5) is 4.39 Å². The van der Waals surface area contributed by atoms with E-state index in [9.17, 15) is 9.18 Å². The highest BCUT2D eigenvalue weighted by Crippen LogP contribution is 2.54. The van der Waals surface area contributed by atoms with Crippen molar-refractivity contribution in [2.24, 2.45) is 0 Å². The molecule has 2 fully saturated rings. The van der Waals surface area contributed by atoms with Gasteiger partial charge in [-0.15, -0.1) is 0 Å². The number of esters is 1. The topological polar surface area (TPSA) is 35.5 Å². The number of ether oxygens (including phenoxy) is 2. The first-order chi connectivity index (χ1) is 9.07. The molecule has 0 aromatic heterocycles. The molecule has 3 rings (SSSR count). The Kier molecular flexibility index (Phi) is 2.86. The maximum Gasteiger partial charge on any atom is 0.338 e. The Morgan fingerprint density at radius 2 is 1.89 bits per heavy atom. The second kappa shape index (κ2) is 4.30. The molecule has 1 saturated heterocycles. The molecule has 4 heteroatoms. The lowest BCUT2D eigenvalue weighted by Gasteiger charge is -2.26. The van der Waals surface area contributed by atoms with E-state index in [0.29, 0.717) is 12.8 Å². The first-order valence-corrected chi connectivity index (χ1v) is 6.61. The van der Waals surface area contributed by atoms with E-state index in [4.69, 9.17) is 9.47 Å². The van der Waals surface area contributed by atoms with Crippen LogP contribution in [0.1, 0.15) is 31.2 Å². The lowest BCUT2D eigenvalue weighted by Crippen LogP contribution is -2.42. The van der Waals surface area contributed by atoms with Gasteiger partial charge in [0.05, 0.1) is 12.7 Å². The quantitative estimate of drug-likeness (QED) is 0.787. The third-order valence-electron chi connectivity index (χ3n) is 4.16. The van der Waals surface area contributed by atoms with Crippen molar-refractivity contribution in [2.75, 3.05) is 7.11 Å². The van der Waals surface area contributed by atoms with Gasteiger partial charge in [-0.25, -0.2) is 9.18 Å². The van der Waals surface area contributed by atoms with Gasteiger partial charge >= 0.3 is 5.97 Å². The minimum absolute atomic E-state index is 0.0891. The monoisotopic (exact) mass is 264 g/mol. The number of hydrogen-bond donors (Lipinski definition) is 0. The predicted molar refractivity (Wildman–Crippen MR) is 67.1 cm³/mol. The molecular weight excluding hydrogens is 247 g/mol. The molecule has 0 N–H and O–H groups in total. The van der Waals surface area contributed by atoms with E-state index in [1.807, 2.05) is 0 Å². The zero-order valence-corrected chi connectivity index (χ0v) is 10.9. The summed E-state index contributed by atoms with van der Waals surface area (Å²) in [6, 6.07) is 6.20. The molecule has 0 bridgehead atoms. The maximum absolute atomic E-state index is 12.9. The van der Waals surface area contributed by atoms with Crippen LogP contribution in [-0.2, 0) is 20.7 Å². The Labute approximate surface area is 111 Å². The number of halogens is 1. The molecular formula is C15H17FO3. The average molecular weight is 264 g/mol. The molecule has 0 radical (unpaired) electrons. The molecule has 1 atom stereocenters. The molecule has 1 saturated carbocycles. The summed E-state index contributed by atoms with van der Waals surface area (Å²) in [7, 11) is 1.38. The van der Waals surface area contributed by atoms with Gasteiger partial charge in [-0.3, -0.25) is 0 Å². The van der Waals surface area contributed by atoms with E-state index in [1.54, 1.807) is 12.1 Å².